The highest BCUT2D eigenvalue weighted by Gasteiger charge is 2.19. The second-order valence-corrected chi connectivity index (χ2v) is 20.2. The molecule has 0 aliphatic carbocycles. The van der Waals surface area contributed by atoms with Crippen LogP contribution in [-0.4, -0.2) is 37.2 Å². The number of esters is 3. The first-order chi connectivity index (χ1) is 35.0. The molecule has 0 aromatic heterocycles. The van der Waals surface area contributed by atoms with Gasteiger partial charge < -0.3 is 14.2 Å². The number of hydrogen-bond donors (Lipinski definition) is 0. The molecule has 0 aromatic rings. The third kappa shape index (κ3) is 57.6. The monoisotopic (exact) mass is 991 g/mol. The Labute approximate surface area is 440 Å². The van der Waals surface area contributed by atoms with Crippen molar-refractivity contribution in [3.05, 3.63) is 72.9 Å². The zero-order valence-corrected chi connectivity index (χ0v) is 47.0. The molecule has 0 rings (SSSR count). The molecule has 6 heteroatoms. The Bertz CT molecular complexity index is 1320. The fraction of sp³-hybridized carbons (Fsp3) is 0.769. The van der Waals surface area contributed by atoms with Gasteiger partial charge in [0.15, 0.2) is 6.10 Å². The van der Waals surface area contributed by atoms with E-state index < -0.39 is 6.10 Å². The van der Waals surface area contributed by atoms with Crippen molar-refractivity contribution in [2.45, 2.75) is 309 Å². The van der Waals surface area contributed by atoms with E-state index in [4.69, 9.17) is 14.2 Å². The smallest absolute Gasteiger partial charge is 0.306 e. The maximum atomic E-state index is 12.9. The molecule has 0 aromatic carbocycles. The Morgan fingerprint density at radius 1 is 0.296 bits per heavy atom. The van der Waals surface area contributed by atoms with Gasteiger partial charge in [-0.15, -0.1) is 0 Å². The molecule has 0 N–H and O–H groups in total. The number of unbranched alkanes of at least 4 members (excludes halogenated alkanes) is 32. The largest absolute Gasteiger partial charge is 0.462 e. The summed E-state index contributed by atoms with van der Waals surface area (Å²) >= 11 is 0. The quantitative estimate of drug-likeness (QED) is 0.0261. The molecule has 0 radical (unpaired) electrons. The maximum Gasteiger partial charge on any atom is 0.306 e. The Morgan fingerprint density at radius 2 is 0.549 bits per heavy atom. The first-order valence-electron chi connectivity index (χ1n) is 30.4. The Hall–Kier alpha value is -3.15. The van der Waals surface area contributed by atoms with Gasteiger partial charge in [-0.1, -0.05) is 267 Å². The number of hydrogen-bond acceptors (Lipinski definition) is 6. The van der Waals surface area contributed by atoms with E-state index in [1.807, 2.05) is 0 Å². The normalized spacial score (nSPS) is 12.5. The van der Waals surface area contributed by atoms with Crippen molar-refractivity contribution in [3.63, 3.8) is 0 Å². The van der Waals surface area contributed by atoms with Gasteiger partial charge in [0.1, 0.15) is 13.2 Å². The van der Waals surface area contributed by atoms with Gasteiger partial charge in [-0.25, -0.2) is 0 Å². The van der Waals surface area contributed by atoms with Gasteiger partial charge in [-0.05, 0) is 89.9 Å². The van der Waals surface area contributed by atoms with E-state index in [0.717, 1.165) is 109 Å². The summed E-state index contributed by atoms with van der Waals surface area (Å²) in [6.45, 7) is 6.51. The molecular formula is C65H114O6. The minimum atomic E-state index is -0.788. The third-order valence-corrected chi connectivity index (χ3v) is 13.2. The molecule has 0 saturated carbocycles. The second kappa shape index (κ2) is 59.4. The van der Waals surface area contributed by atoms with Crippen molar-refractivity contribution in [2.24, 2.45) is 0 Å². The lowest BCUT2D eigenvalue weighted by molar-refractivity contribution is -0.167. The van der Waals surface area contributed by atoms with Crippen molar-refractivity contribution in [3.8, 4) is 0 Å². The Kier molecular flexibility index (Phi) is 56.8. The van der Waals surface area contributed by atoms with Gasteiger partial charge >= 0.3 is 17.9 Å². The van der Waals surface area contributed by atoms with Crippen molar-refractivity contribution < 1.29 is 28.6 Å². The van der Waals surface area contributed by atoms with Gasteiger partial charge in [0, 0.05) is 19.3 Å². The fourth-order valence-electron chi connectivity index (χ4n) is 8.64. The number of allylic oxidation sites excluding steroid dienone is 12. The SMILES string of the molecule is CC/C=C\C/C=C\C/C=C\C/C=C\CCCCCCC(=O)OC[C@H](COC(=O)CCCCCCCCC/C=C\C/C=C\CCCCC)OC(=O)CCCCCCCCCCCCCCCCCCCCC. The molecule has 0 heterocycles. The summed E-state index contributed by atoms with van der Waals surface area (Å²) < 4.78 is 16.9. The lowest BCUT2D eigenvalue weighted by Crippen LogP contribution is -2.30. The standard InChI is InChI=1S/C65H114O6/c1-4-7-10-13-16-19-22-25-28-31-32-35-38-41-44-47-50-53-56-59-65(68)71-62(60-69-63(66)57-54-51-48-45-42-39-36-33-29-26-23-20-17-14-11-8-5-2)61-70-64(67)58-55-52-49-46-43-40-37-34-30-27-24-21-18-15-12-9-6-3/h8,11,17-18,20-21,26-27,29-30,36,39,62H,4-7,9-10,12-16,19,22-25,28,31-35,37-38,40-61H2,1-3H3/b11-8-,20-17-,21-18-,29-26-,30-27-,39-36-/t62-/m1/s1. The molecule has 6 nitrogen and oxygen atoms in total. The van der Waals surface area contributed by atoms with Gasteiger partial charge in [0.25, 0.3) is 0 Å². The molecule has 0 fully saturated rings. The molecule has 0 unspecified atom stereocenters. The van der Waals surface area contributed by atoms with Gasteiger partial charge in [0.2, 0.25) is 0 Å². The molecule has 410 valence electrons. The lowest BCUT2D eigenvalue weighted by atomic mass is 10.0. The van der Waals surface area contributed by atoms with Crippen LogP contribution in [0.15, 0.2) is 72.9 Å². The molecule has 1 atom stereocenters. The van der Waals surface area contributed by atoms with Crippen LogP contribution in [0.4, 0.5) is 0 Å². The topological polar surface area (TPSA) is 78.9 Å². The summed E-state index contributed by atoms with van der Waals surface area (Å²) in [5.74, 6) is -0.903. The average molecular weight is 992 g/mol. The highest BCUT2D eigenvalue weighted by molar-refractivity contribution is 5.71. The number of rotatable bonds is 55. The van der Waals surface area contributed by atoms with Crippen molar-refractivity contribution in [1.29, 1.82) is 0 Å². The number of ether oxygens (including phenoxy) is 3. The minimum absolute atomic E-state index is 0.0853. The van der Waals surface area contributed by atoms with E-state index >= 15 is 0 Å². The highest BCUT2D eigenvalue weighted by Crippen LogP contribution is 2.16. The number of carbonyl (C=O) groups is 3. The highest BCUT2D eigenvalue weighted by atomic mass is 16.6. The molecule has 0 amide bonds. The lowest BCUT2D eigenvalue weighted by Gasteiger charge is -2.18. The van der Waals surface area contributed by atoms with Crippen molar-refractivity contribution >= 4 is 17.9 Å². The predicted octanol–water partition coefficient (Wildman–Crippen LogP) is 20.5. The predicted molar refractivity (Wildman–Crippen MR) is 307 cm³/mol. The second-order valence-electron chi connectivity index (χ2n) is 20.2. The Morgan fingerprint density at radius 3 is 0.887 bits per heavy atom. The Balaban J connectivity index is 4.41. The van der Waals surface area contributed by atoms with Gasteiger partial charge in [-0.2, -0.15) is 0 Å². The molecule has 0 aliphatic rings. The van der Waals surface area contributed by atoms with E-state index in [-0.39, 0.29) is 31.1 Å². The molecule has 0 spiro atoms. The summed E-state index contributed by atoms with van der Waals surface area (Å²) in [6.07, 6.45) is 76.1. The number of carbonyl (C=O) groups excluding carboxylic acids is 3. The summed E-state index contributed by atoms with van der Waals surface area (Å²) in [6, 6.07) is 0. The molecular weight excluding hydrogens is 877 g/mol. The summed E-state index contributed by atoms with van der Waals surface area (Å²) in [4.78, 5) is 38.3. The van der Waals surface area contributed by atoms with Crippen LogP contribution < -0.4 is 0 Å². The average Bonchev–Trinajstić information content (AvgIpc) is 3.37. The van der Waals surface area contributed by atoms with Crippen LogP contribution >= 0.6 is 0 Å². The third-order valence-electron chi connectivity index (χ3n) is 13.2. The first-order valence-corrected chi connectivity index (χ1v) is 30.4. The molecule has 0 aliphatic heterocycles. The van der Waals surface area contributed by atoms with Crippen LogP contribution in [0.2, 0.25) is 0 Å². The molecule has 0 saturated heterocycles. The van der Waals surface area contributed by atoms with Crippen LogP contribution in [0.3, 0.4) is 0 Å². The van der Waals surface area contributed by atoms with Crippen LogP contribution in [0, 0.1) is 0 Å². The van der Waals surface area contributed by atoms with E-state index in [1.165, 1.54) is 154 Å². The van der Waals surface area contributed by atoms with Crippen LogP contribution in [0.1, 0.15) is 303 Å². The molecule has 71 heavy (non-hydrogen) atoms. The first kappa shape index (κ1) is 67.8. The zero-order valence-electron chi connectivity index (χ0n) is 47.0. The van der Waals surface area contributed by atoms with Gasteiger partial charge in [-0.3, -0.25) is 14.4 Å². The minimum Gasteiger partial charge on any atom is -0.462 e. The van der Waals surface area contributed by atoms with E-state index in [2.05, 4.69) is 93.7 Å². The van der Waals surface area contributed by atoms with Crippen LogP contribution in [0.5, 0.6) is 0 Å². The van der Waals surface area contributed by atoms with E-state index in [9.17, 15) is 14.4 Å². The summed E-state index contributed by atoms with van der Waals surface area (Å²) in [5, 5.41) is 0. The zero-order chi connectivity index (χ0) is 51.4. The van der Waals surface area contributed by atoms with Crippen LogP contribution in [0.25, 0.3) is 0 Å². The molecule has 0 bridgehead atoms. The maximum absolute atomic E-state index is 12.9. The van der Waals surface area contributed by atoms with E-state index in [0.29, 0.717) is 19.3 Å². The van der Waals surface area contributed by atoms with E-state index in [1.54, 1.807) is 0 Å². The van der Waals surface area contributed by atoms with Crippen LogP contribution in [-0.2, 0) is 28.6 Å². The summed E-state index contributed by atoms with van der Waals surface area (Å²) in [5.41, 5.74) is 0. The van der Waals surface area contributed by atoms with Crippen molar-refractivity contribution in [2.75, 3.05) is 13.2 Å². The van der Waals surface area contributed by atoms with Crippen molar-refractivity contribution in [1.82, 2.24) is 0 Å². The van der Waals surface area contributed by atoms with Gasteiger partial charge in [0.05, 0.1) is 0 Å². The fourth-order valence-corrected chi connectivity index (χ4v) is 8.64. The summed E-state index contributed by atoms with van der Waals surface area (Å²) in [7, 11) is 0.